The molecule has 3 aromatic carbocycles. The summed E-state index contributed by atoms with van der Waals surface area (Å²) in [6.45, 7) is 9.20. The van der Waals surface area contributed by atoms with Crippen LogP contribution in [0.1, 0.15) is 17.3 Å². The predicted molar refractivity (Wildman–Crippen MR) is 115 cm³/mol. The number of hydrogen-bond donors (Lipinski definition) is 0. The number of ketones is 1. The summed E-state index contributed by atoms with van der Waals surface area (Å²) in [5, 5.41) is 2.02. The summed E-state index contributed by atoms with van der Waals surface area (Å²) in [6.07, 6.45) is 0. The van der Waals surface area contributed by atoms with E-state index in [9.17, 15) is 9.59 Å². The molecule has 0 aromatic heterocycles. The average molecular weight is 386 g/mol. The van der Waals surface area contributed by atoms with Crippen LogP contribution in [-0.4, -0.2) is 25.5 Å². The second kappa shape index (κ2) is 8.67. The van der Waals surface area contributed by atoms with Gasteiger partial charge in [-0.15, -0.1) is 0 Å². The monoisotopic (exact) mass is 386 g/mol. The van der Waals surface area contributed by atoms with E-state index in [-0.39, 0.29) is 18.0 Å². The number of carbonyl (C=O) groups is 2. The van der Waals surface area contributed by atoms with E-state index >= 15 is 0 Å². The fourth-order valence-electron chi connectivity index (χ4n) is 2.94. The largest absolute Gasteiger partial charge is 0.423 e. The minimum Gasteiger partial charge on any atom is -0.423 e. The lowest BCUT2D eigenvalue weighted by Gasteiger charge is -2.08. The lowest BCUT2D eigenvalue weighted by Crippen LogP contribution is -2.13. The van der Waals surface area contributed by atoms with Crippen LogP contribution in [0.3, 0.4) is 0 Å². The van der Waals surface area contributed by atoms with Crippen molar-refractivity contribution in [1.29, 1.82) is 0 Å². The molecular weight excluding hydrogens is 364 g/mol. The first-order valence-electron chi connectivity index (χ1n) is 9.12. The van der Waals surface area contributed by atoms with Gasteiger partial charge < -0.3 is 9.47 Å². The fraction of sp³-hybridized carbons (Fsp3) is 0.120. The first-order chi connectivity index (χ1) is 13.9. The van der Waals surface area contributed by atoms with E-state index in [4.69, 9.17) is 9.47 Å². The van der Waals surface area contributed by atoms with Gasteiger partial charge in [-0.3, -0.25) is 4.79 Å². The summed E-state index contributed by atoms with van der Waals surface area (Å²) in [6, 6.07) is 19.0. The first-order valence-corrected chi connectivity index (χ1v) is 9.12. The van der Waals surface area contributed by atoms with Crippen molar-refractivity contribution in [2.24, 2.45) is 0 Å². The number of allylic oxidation sites excluding steroid dienone is 1. The van der Waals surface area contributed by atoms with E-state index in [1.807, 2.05) is 42.5 Å². The third kappa shape index (κ3) is 4.68. The van der Waals surface area contributed by atoms with Gasteiger partial charge in [0.15, 0.2) is 5.78 Å². The highest BCUT2D eigenvalue weighted by Crippen LogP contribution is 2.27. The van der Waals surface area contributed by atoms with Gasteiger partial charge in [-0.2, -0.15) is 0 Å². The number of benzene rings is 3. The summed E-state index contributed by atoms with van der Waals surface area (Å²) in [7, 11) is 1.50. The number of methoxy groups -OCH3 is 1. The molecule has 0 unspecified atom stereocenters. The van der Waals surface area contributed by atoms with Gasteiger partial charge in [-0.05, 0) is 58.7 Å². The second-order valence-electron chi connectivity index (χ2n) is 6.84. The van der Waals surface area contributed by atoms with Gasteiger partial charge in [0.1, 0.15) is 5.75 Å². The highest BCUT2D eigenvalue weighted by Gasteiger charge is 2.10. The maximum absolute atomic E-state index is 12.1. The molecule has 0 N–H and O–H groups in total. The van der Waals surface area contributed by atoms with Crippen molar-refractivity contribution >= 4 is 22.5 Å². The lowest BCUT2D eigenvalue weighted by molar-refractivity contribution is -0.130. The van der Waals surface area contributed by atoms with Gasteiger partial charge >= 0.3 is 5.97 Å². The van der Waals surface area contributed by atoms with Crippen LogP contribution in [0.5, 0.6) is 5.75 Å². The predicted octanol–water partition coefficient (Wildman–Crippen LogP) is 5.37. The lowest BCUT2D eigenvalue weighted by atomic mass is 9.98. The maximum atomic E-state index is 12.1. The SMILES string of the molecule is C=C(C)C(=O)c1ccc2cc(-c3ccc(OC(=O)C(=C)COC)cc3)ccc2c1. The van der Waals surface area contributed by atoms with Crippen molar-refractivity contribution in [3.8, 4) is 16.9 Å². The van der Waals surface area contributed by atoms with Crippen molar-refractivity contribution in [3.63, 3.8) is 0 Å². The van der Waals surface area contributed by atoms with Crippen molar-refractivity contribution in [2.45, 2.75) is 6.92 Å². The first kappa shape index (κ1) is 20.2. The summed E-state index contributed by atoms with van der Waals surface area (Å²) in [4.78, 5) is 24.0. The third-order valence-corrected chi connectivity index (χ3v) is 4.50. The zero-order chi connectivity index (χ0) is 21.0. The standard InChI is InChI=1S/C25H22O4/c1-16(2)24(26)22-8-7-20-13-19(5-6-21(20)14-22)18-9-11-23(12-10-18)29-25(27)17(3)15-28-4/h5-14H,1,3,15H2,2,4H3. The van der Waals surface area contributed by atoms with E-state index in [0.717, 1.165) is 21.9 Å². The number of Topliss-reactive ketones (excluding diaryl/α,β-unsaturated/α-hetero) is 1. The van der Waals surface area contributed by atoms with Crippen LogP contribution in [-0.2, 0) is 9.53 Å². The molecule has 0 bridgehead atoms. The van der Waals surface area contributed by atoms with E-state index in [1.165, 1.54) is 7.11 Å². The molecule has 0 saturated carbocycles. The molecule has 0 aliphatic carbocycles. The molecule has 0 aliphatic heterocycles. The van der Waals surface area contributed by atoms with Gasteiger partial charge in [-0.25, -0.2) is 4.79 Å². The van der Waals surface area contributed by atoms with Crippen LogP contribution in [0.2, 0.25) is 0 Å². The van der Waals surface area contributed by atoms with Gasteiger partial charge in [-0.1, -0.05) is 49.6 Å². The van der Waals surface area contributed by atoms with Crippen LogP contribution in [0.15, 0.2) is 85.0 Å². The Kier molecular flexibility index (Phi) is 6.05. The molecule has 0 aliphatic rings. The van der Waals surface area contributed by atoms with Gasteiger partial charge in [0.05, 0.1) is 12.2 Å². The average Bonchev–Trinajstić information content (AvgIpc) is 2.73. The van der Waals surface area contributed by atoms with Gasteiger partial charge in [0.2, 0.25) is 0 Å². The Morgan fingerprint density at radius 2 is 1.48 bits per heavy atom. The Morgan fingerprint density at radius 3 is 2.14 bits per heavy atom. The number of rotatable bonds is 7. The van der Waals surface area contributed by atoms with Crippen LogP contribution in [0.4, 0.5) is 0 Å². The third-order valence-electron chi connectivity index (χ3n) is 4.50. The highest BCUT2D eigenvalue weighted by molar-refractivity contribution is 6.09. The second-order valence-corrected chi connectivity index (χ2v) is 6.84. The Labute approximate surface area is 170 Å². The molecule has 0 atom stereocenters. The Balaban J connectivity index is 1.80. The topological polar surface area (TPSA) is 52.6 Å². The van der Waals surface area contributed by atoms with Crippen LogP contribution in [0.25, 0.3) is 21.9 Å². The number of fused-ring (bicyclic) bond motifs is 1. The van der Waals surface area contributed by atoms with Gasteiger partial charge in [0, 0.05) is 12.7 Å². The highest BCUT2D eigenvalue weighted by atomic mass is 16.5. The molecule has 3 rings (SSSR count). The number of ether oxygens (including phenoxy) is 2. The zero-order valence-electron chi connectivity index (χ0n) is 16.5. The molecular formula is C25H22O4. The number of esters is 1. The number of carbonyl (C=O) groups excluding carboxylic acids is 2. The minimum atomic E-state index is -0.509. The molecule has 0 saturated heterocycles. The van der Waals surface area contributed by atoms with Gasteiger partial charge in [0.25, 0.3) is 0 Å². The van der Waals surface area contributed by atoms with E-state index in [0.29, 0.717) is 16.9 Å². The number of hydrogen-bond acceptors (Lipinski definition) is 4. The quantitative estimate of drug-likeness (QED) is 0.237. The molecule has 4 heteroatoms. The Morgan fingerprint density at radius 1 is 0.862 bits per heavy atom. The molecule has 29 heavy (non-hydrogen) atoms. The smallest absolute Gasteiger partial charge is 0.341 e. The molecule has 3 aromatic rings. The normalized spacial score (nSPS) is 10.6. The van der Waals surface area contributed by atoms with Crippen molar-refractivity contribution in [1.82, 2.24) is 0 Å². The van der Waals surface area contributed by atoms with Crippen molar-refractivity contribution in [3.05, 3.63) is 90.5 Å². The Bertz CT molecular complexity index is 1110. The van der Waals surface area contributed by atoms with Crippen LogP contribution < -0.4 is 4.74 Å². The molecule has 0 radical (unpaired) electrons. The fourth-order valence-corrected chi connectivity index (χ4v) is 2.94. The van der Waals surface area contributed by atoms with Crippen LogP contribution in [0, 0.1) is 0 Å². The molecule has 0 heterocycles. The van der Waals surface area contributed by atoms with Crippen molar-refractivity contribution < 1.29 is 19.1 Å². The minimum absolute atomic E-state index is 0.0470. The summed E-state index contributed by atoms with van der Waals surface area (Å²) < 4.78 is 10.2. The molecule has 146 valence electrons. The molecule has 4 nitrogen and oxygen atoms in total. The van der Waals surface area contributed by atoms with Crippen molar-refractivity contribution in [2.75, 3.05) is 13.7 Å². The molecule has 0 amide bonds. The summed E-state index contributed by atoms with van der Waals surface area (Å²) in [5.41, 5.74) is 3.43. The summed E-state index contributed by atoms with van der Waals surface area (Å²) >= 11 is 0. The molecule has 0 fully saturated rings. The zero-order valence-corrected chi connectivity index (χ0v) is 16.5. The van der Waals surface area contributed by atoms with E-state index in [2.05, 4.69) is 19.2 Å². The van der Waals surface area contributed by atoms with E-state index < -0.39 is 5.97 Å². The maximum Gasteiger partial charge on any atom is 0.341 e. The summed E-state index contributed by atoms with van der Waals surface area (Å²) in [5.74, 6) is -0.112. The molecule has 0 spiro atoms. The van der Waals surface area contributed by atoms with E-state index in [1.54, 1.807) is 19.1 Å². The Hall–Kier alpha value is -3.50. The van der Waals surface area contributed by atoms with Crippen LogP contribution >= 0.6 is 0 Å².